The van der Waals surface area contributed by atoms with Crippen LogP contribution in [0, 0.1) is 12.8 Å². The van der Waals surface area contributed by atoms with Crippen molar-refractivity contribution >= 4 is 11.8 Å². The number of rotatable bonds is 5. The van der Waals surface area contributed by atoms with Crippen molar-refractivity contribution in [2.24, 2.45) is 5.92 Å². The fourth-order valence-corrected chi connectivity index (χ4v) is 2.84. The number of allylic oxidation sites excluding steroid dienone is 1. The van der Waals surface area contributed by atoms with E-state index < -0.39 is 0 Å². The van der Waals surface area contributed by atoms with Crippen molar-refractivity contribution in [3.8, 4) is 0 Å². The highest BCUT2D eigenvalue weighted by atomic mass is 16.2. The van der Waals surface area contributed by atoms with Gasteiger partial charge in [0.25, 0.3) is 5.91 Å². The van der Waals surface area contributed by atoms with Crippen LogP contribution < -0.4 is 5.32 Å². The predicted molar refractivity (Wildman–Crippen MR) is 92.2 cm³/mol. The van der Waals surface area contributed by atoms with E-state index in [9.17, 15) is 9.59 Å². The van der Waals surface area contributed by atoms with E-state index in [1.54, 1.807) is 0 Å². The van der Waals surface area contributed by atoms with Gasteiger partial charge in [-0.3, -0.25) is 9.59 Å². The van der Waals surface area contributed by atoms with Gasteiger partial charge in [0.1, 0.15) is 0 Å². The van der Waals surface area contributed by atoms with Gasteiger partial charge < -0.3 is 10.2 Å². The summed E-state index contributed by atoms with van der Waals surface area (Å²) in [7, 11) is 0. The minimum absolute atomic E-state index is 0.0245. The molecular formula is C19H26N2O2. The van der Waals surface area contributed by atoms with E-state index in [-0.39, 0.29) is 17.7 Å². The van der Waals surface area contributed by atoms with Crippen LogP contribution in [0.25, 0.3) is 0 Å². The van der Waals surface area contributed by atoms with E-state index in [1.807, 2.05) is 55.2 Å². The van der Waals surface area contributed by atoms with Crippen molar-refractivity contribution in [3.63, 3.8) is 0 Å². The monoisotopic (exact) mass is 314 g/mol. The van der Waals surface area contributed by atoms with E-state index in [2.05, 4.69) is 5.32 Å². The second kappa shape index (κ2) is 8.51. The maximum absolute atomic E-state index is 12.6. The summed E-state index contributed by atoms with van der Waals surface area (Å²) in [5.41, 5.74) is 1.84. The summed E-state index contributed by atoms with van der Waals surface area (Å²) in [5.74, 6) is -0.00363. The molecular weight excluding hydrogens is 288 g/mol. The highest BCUT2D eigenvalue weighted by molar-refractivity contribution is 5.94. The second-order valence-electron chi connectivity index (χ2n) is 6.11. The Hall–Kier alpha value is -2.10. The summed E-state index contributed by atoms with van der Waals surface area (Å²) in [6, 6.07) is 7.61. The molecule has 23 heavy (non-hydrogen) atoms. The molecule has 1 aliphatic heterocycles. The molecule has 4 nitrogen and oxygen atoms in total. The molecule has 0 aliphatic carbocycles. The average Bonchev–Trinajstić information content (AvgIpc) is 2.59. The van der Waals surface area contributed by atoms with E-state index in [1.165, 1.54) is 0 Å². The molecule has 0 radical (unpaired) electrons. The summed E-state index contributed by atoms with van der Waals surface area (Å²) in [5, 5.41) is 2.97. The Kier molecular flexibility index (Phi) is 6.39. The molecule has 2 rings (SSSR count). The first-order valence-electron chi connectivity index (χ1n) is 8.36. The zero-order valence-electron chi connectivity index (χ0n) is 14.0. The van der Waals surface area contributed by atoms with Crippen LogP contribution in [0.4, 0.5) is 0 Å². The number of benzene rings is 1. The van der Waals surface area contributed by atoms with Crippen LogP contribution in [0.15, 0.2) is 36.4 Å². The van der Waals surface area contributed by atoms with Gasteiger partial charge in [0, 0.05) is 25.2 Å². The van der Waals surface area contributed by atoms with Gasteiger partial charge in [0.05, 0.1) is 5.92 Å². The topological polar surface area (TPSA) is 49.4 Å². The largest absolute Gasteiger partial charge is 0.355 e. The van der Waals surface area contributed by atoms with Gasteiger partial charge >= 0.3 is 0 Å². The van der Waals surface area contributed by atoms with Crippen molar-refractivity contribution in [2.45, 2.75) is 33.1 Å². The zero-order valence-corrected chi connectivity index (χ0v) is 14.0. The first-order valence-corrected chi connectivity index (χ1v) is 8.36. The molecule has 1 unspecified atom stereocenters. The summed E-state index contributed by atoms with van der Waals surface area (Å²) in [6.07, 6.45) is 6.60. The number of hydrogen-bond acceptors (Lipinski definition) is 2. The van der Waals surface area contributed by atoms with Gasteiger partial charge in [0.2, 0.25) is 5.91 Å². The summed E-state index contributed by atoms with van der Waals surface area (Å²) < 4.78 is 0. The van der Waals surface area contributed by atoms with Crippen molar-refractivity contribution < 1.29 is 9.59 Å². The van der Waals surface area contributed by atoms with Crippen LogP contribution in [0.1, 0.15) is 42.1 Å². The van der Waals surface area contributed by atoms with Gasteiger partial charge in [-0.1, -0.05) is 29.8 Å². The van der Waals surface area contributed by atoms with Gasteiger partial charge in [0.15, 0.2) is 0 Å². The number of carbonyl (C=O) groups excluding carboxylic acids is 2. The van der Waals surface area contributed by atoms with Crippen LogP contribution in [-0.4, -0.2) is 36.3 Å². The summed E-state index contributed by atoms with van der Waals surface area (Å²) in [6.45, 7) is 5.88. The van der Waals surface area contributed by atoms with E-state index >= 15 is 0 Å². The molecule has 1 N–H and O–H groups in total. The molecule has 1 heterocycles. The van der Waals surface area contributed by atoms with Crippen LogP contribution in [0.3, 0.4) is 0 Å². The molecule has 1 aliphatic rings. The molecule has 1 saturated heterocycles. The highest BCUT2D eigenvalue weighted by Crippen LogP contribution is 2.19. The van der Waals surface area contributed by atoms with Crippen LogP contribution in [0.5, 0.6) is 0 Å². The number of carbonyl (C=O) groups is 2. The maximum Gasteiger partial charge on any atom is 0.253 e. The van der Waals surface area contributed by atoms with Crippen molar-refractivity contribution in [2.75, 3.05) is 19.6 Å². The molecule has 0 aromatic heterocycles. The number of nitrogens with one attached hydrogen (secondary N) is 1. The van der Waals surface area contributed by atoms with Crippen molar-refractivity contribution in [1.29, 1.82) is 0 Å². The molecule has 2 amide bonds. The minimum atomic E-state index is -0.0937. The molecule has 1 aromatic carbocycles. The highest BCUT2D eigenvalue weighted by Gasteiger charge is 2.28. The van der Waals surface area contributed by atoms with Crippen molar-refractivity contribution in [3.05, 3.63) is 47.5 Å². The average molecular weight is 314 g/mol. The lowest BCUT2D eigenvalue weighted by atomic mass is 9.96. The molecule has 0 spiro atoms. The molecule has 1 fully saturated rings. The predicted octanol–water partition coefficient (Wildman–Crippen LogP) is 2.93. The number of likely N-dealkylation sites (tertiary alicyclic amines) is 1. The van der Waals surface area contributed by atoms with Gasteiger partial charge in [-0.05, 0) is 45.2 Å². The standard InChI is InChI=1S/C19H26N2O2/c1-3-4-5-12-20-18(22)17-7-6-13-21(14-17)19(23)16-10-8-15(2)9-11-16/h3-4,8-11,17H,5-7,12-14H2,1-2H3,(H,20,22). The van der Waals surface area contributed by atoms with Crippen LogP contribution in [-0.2, 0) is 4.79 Å². The fraction of sp³-hybridized carbons (Fsp3) is 0.474. The third kappa shape index (κ3) is 4.95. The number of amides is 2. The van der Waals surface area contributed by atoms with Crippen molar-refractivity contribution in [1.82, 2.24) is 10.2 Å². The minimum Gasteiger partial charge on any atom is -0.355 e. The SMILES string of the molecule is CC=CCCNC(=O)C1CCCN(C(=O)c2ccc(C)cc2)C1. The fourth-order valence-electron chi connectivity index (χ4n) is 2.84. The van der Waals surface area contributed by atoms with Crippen LogP contribution >= 0.6 is 0 Å². The Bertz CT molecular complexity index is 563. The smallest absolute Gasteiger partial charge is 0.253 e. The third-order valence-electron chi connectivity index (χ3n) is 4.22. The molecule has 1 aromatic rings. The quantitative estimate of drug-likeness (QED) is 0.671. The maximum atomic E-state index is 12.6. The Morgan fingerprint density at radius 2 is 2.04 bits per heavy atom. The summed E-state index contributed by atoms with van der Waals surface area (Å²) in [4.78, 5) is 26.6. The number of aryl methyl sites for hydroxylation is 1. The lowest BCUT2D eigenvalue weighted by Gasteiger charge is -2.32. The normalized spacial score (nSPS) is 18.2. The number of piperidine rings is 1. The Balaban J connectivity index is 1.90. The Morgan fingerprint density at radius 1 is 1.30 bits per heavy atom. The number of hydrogen-bond donors (Lipinski definition) is 1. The molecule has 0 saturated carbocycles. The van der Waals surface area contributed by atoms with E-state index in [4.69, 9.17) is 0 Å². The first kappa shape index (κ1) is 17.3. The Labute approximate surface area is 138 Å². The lowest BCUT2D eigenvalue weighted by Crippen LogP contribution is -2.45. The molecule has 0 bridgehead atoms. The first-order chi connectivity index (χ1) is 11.1. The van der Waals surface area contributed by atoms with Gasteiger partial charge in [-0.2, -0.15) is 0 Å². The Morgan fingerprint density at radius 3 is 2.74 bits per heavy atom. The molecule has 1 atom stereocenters. The zero-order chi connectivity index (χ0) is 16.7. The van der Waals surface area contributed by atoms with Crippen LogP contribution in [0.2, 0.25) is 0 Å². The molecule has 4 heteroatoms. The molecule has 124 valence electrons. The third-order valence-corrected chi connectivity index (χ3v) is 4.22. The van der Waals surface area contributed by atoms with Gasteiger partial charge in [-0.25, -0.2) is 0 Å². The van der Waals surface area contributed by atoms with E-state index in [0.717, 1.165) is 31.4 Å². The van der Waals surface area contributed by atoms with Gasteiger partial charge in [-0.15, -0.1) is 0 Å². The second-order valence-corrected chi connectivity index (χ2v) is 6.11. The van der Waals surface area contributed by atoms with E-state index in [0.29, 0.717) is 18.7 Å². The summed E-state index contributed by atoms with van der Waals surface area (Å²) >= 11 is 0. The number of nitrogens with zero attached hydrogens (tertiary/aromatic N) is 1. The lowest BCUT2D eigenvalue weighted by molar-refractivity contribution is -0.126.